The molecule has 0 aromatic heterocycles. The van der Waals surface area contributed by atoms with E-state index in [-0.39, 0.29) is 18.4 Å². The Balaban J connectivity index is 2.20. The zero-order chi connectivity index (χ0) is 13.4. The van der Waals surface area contributed by atoms with Crippen LogP contribution in [-0.2, 0) is 14.3 Å². The van der Waals surface area contributed by atoms with Gasteiger partial charge in [0.25, 0.3) is 0 Å². The summed E-state index contributed by atoms with van der Waals surface area (Å²) in [7, 11) is 0. The van der Waals surface area contributed by atoms with E-state index in [1.165, 1.54) is 12.8 Å². The van der Waals surface area contributed by atoms with Gasteiger partial charge in [-0.25, -0.2) is 0 Å². The van der Waals surface area contributed by atoms with Gasteiger partial charge in [0.1, 0.15) is 6.54 Å². The van der Waals surface area contributed by atoms with E-state index in [2.05, 4.69) is 17.6 Å². The fraction of sp³-hybridized carbons (Fsp3) is 0.846. The number of hydrogen-bond acceptors (Lipinski definition) is 4. The van der Waals surface area contributed by atoms with Gasteiger partial charge in [-0.3, -0.25) is 9.59 Å². The molecule has 1 fully saturated rings. The molecule has 0 aromatic carbocycles. The van der Waals surface area contributed by atoms with E-state index in [9.17, 15) is 9.59 Å². The largest absolute Gasteiger partial charge is 0.465 e. The predicted molar refractivity (Wildman–Crippen MR) is 69.0 cm³/mol. The lowest BCUT2D eigenvalue weighted by Gasteiger charge is -2.27. The molecule has 1 aliphatic heterocycles. The maximum Gasteiger partial charge on any atom is 0.325 e. The van der Waals surface area contributed by atoms with Crippen LogP contribution >= 0.6 is 0 Å². The second-order valence-electron chi connectivity index (χ2n) is 4.87. The van der Waals surface area contributed by atoms with Crippen LogP contribution in [0.15, 0.2) is 0 Å². The highest BCUT2D eigenvalue weighted by Crippen LogP contribution is 2.22. The number of nitrogens with one attached hydrogen (secondary N) is 2. The fourth-order valence-corrected chi connectivity index (χ4v) is 2.28. The molecular weight excluding hydrogens is 232 g/mol. The minimum absolute atomic E-state index is 0.0255. The Morgan fingerprint density at radius 3 is 2.89 bits per heavy atom. The van der Waals surface area contributed by atoms with Crippen LogP contribution in [0.5, 0.6) is 0 Å². The maximum atomic E-state index is 11.7. The third-order valence-corrected chi connectivity index (χ3v) is 3.38. The second-order valence-corrected chi connectivity index (χ2v) is 4.87. The van der Waals surface area contributed by atoms with Gasteiger partial charge >= 0.3 is 5.97 Å². The summed E-state index contributed by atoms with van der Waals surface area (Å²) in [6, 6.07) is 0. The summed E-state index contributed by atoms with van der Waals surface area (Å²) in [6.45, 7) is 6.24. The molecule has 2 atom stereocenters. The lowest BCUT2D eigenvalue weighted by atomic mass is 9.85. The number of ether oxygens (including phenoxy) is 1. The quantitative estimate of drug-likeness (QED) is 0.686. The molecule has 18 heavy (non-hydrogen) atoms. The van der Waals surface area contributed by atoms with Crippen LogP contribution in [0, 0.1) is 11.8 Å². The monoisotopic (exact) mass is 256 g/mol. The van der Waals surface area contributed by atoms with Crippen molar-refractivity contribution in [1.29, 1.82) is 0 Å². The molecule has 0 saturated carbocycles. The highest BCUT2D eigenvalue weighted by Gasteiger charge is 2.22. The molecule has 104 valence electrons. The first kappa shape index (κ1) is 15.0. The average molecular weight is 256 g/mol. The molecule has 1 amide bonds. The fourth-order valence-electron chi connectivity index (χ4n) is 2.28. The molecule has 5 nitrogen and oxygen atoms in total. The SMILES string of the molecule is CCOC(=O)CNC(=O)CC(C)C1CCCNC1. The summed E-state index contributed by atoms with van der Waals surface area (Å²) in [5.74, 6) is 0.464. The number of piperidine rings is 1. The minimum Gasteiger partial charge on any atom is -0.465 e. The average Bonchev–Trinajstić information content (AvgIpc) is 2.38. The smallest absolute Gasteiger partial charge is 0.325 e. The molecule has 1 saturated heterocycles. The predicted octanol–water partition coefficient (Wildman–Crippen LogP) is 0.691. The maximum absolute atomic E-state index is 11.7. The summed E-state index contributed by atoms with van der Waals surface area (Å²) < 4.78 is 4.75. The number of esters is 1. The highest BCUT2D eigenvalue weighted by atomic mass is 16.5. The van der Waals surface area contributed by atoms with Gasteiger partial charge in [-0.2, -0.15) is 0 Å². The topological polar surface area (TPSA) is 67.4 Å². The molecule has 1 aliphatic rings. The molecule has 0 spiro atoms. The molecule has 0 radical (unpaired) electrons. The van der Waals surface area contributed by atoms with Gasteiger partial charge in [0, 0.05) is 6.42 Å². The number of rotatable bonds is 6. The zero-order valence-electron chi connectivity index (χ0n) is 11.3. The van der Waals surface area contributed by atoms with Crippen molar-refractivity contribution in [3.05, 3.63) is 0 Å². The van der Waals surface area contributed by atoms with E-state index in [4.69, 9.17) is 4.74 Å². The van der Waals surface area contributed by atoms with Gasteiger partial charge < -0.3 is 15.4 Å². The van der Waals surface area contributed by atoms with E-state index in [0.717, 1.165) is 13.1 Å². The molecule has 0 bridgehead atoms. The molecule has 0 aliphatic carbocycles. The van der Waals surface area contributed by atoms with Gasteiger partial charge in [-0.15, -0.1) is 0 Å². The first-order valence-electron chi connectivity index (χ1n) is 6.76. The van der Waals surface area contributed by atoms with Crippen LogP contribution in [0.3, 0.4) is 0 Å². The lowest BCUT2D eigenvalue weighted by Crippen LogP contribution is -2.36. The molecular formula is C13H24N2O3. The summed E-state index contributed by atoms with van der Waals surface area (Å²) in [4.78, 5) is 22.8. The van der Waals surface area contributed by atoms with Crippen molar-refractivity contribution in [2.45, 2.75) is 33.1 Å². The minimum atomic E-state index is -0.377. The molecule has 1 heterocycles. The molecule has 2 N–H and O–H groups in total. The molecule has 1 rings (SSSR count). The Morgan fingerprint density at radius 2 is 2.28 bits per heavy atom. The lowest BCUT2D eigenvalue weighted by molar-refractivity contribution is -0.143. The summed E-state index contributed by atoms with van der Waals surface area (Å²) in [5.41, 5.74) is 0. The Kier molecular flexibility index (Phi) is 6.72. The van der Waals surface area contributed by atoms with Crippen molar-refractivity contribution in [3.63, 3.8) is 0 Å². The Hall–Kier alpha value is -1.10. The standard InChI is InChI=1S/C13H24N2O3/c1-3-18-13(17)9-15-12(16)7-10(2)11-5-4-6-14-8-11/h10-11,14H,3-9H2,1-2H3,(H,15,16). The van der Waals surface area contributed by atoms with Crippen molar-refractivity contribution >= 4 is 11.9 Å². The van der Waals surface area contributed by atoms with Crippen molar-refractivity contribution in [3.8, 4) is 0 Å². The zero-order valence-corrected chi connectivity index (χ0v) is 11.3. The third kappa shape index (κ3) is 5.49. The molecule has 5 heteroatoms. The van der Waals surface area contributed by atoms with Gasteiger partial charge in [0.05, 0.1) is 6.61 Å². The van der Waals surface area contributed by atoms with Crippen LogP contribution in [0.25, 0.3) is 0 Å². The van der Waals surface area contributed by atoms with E-state index >= 15 is 0 Å². The Bertz CT molecular complexity index is 275. The highest BCUT2D eigenvalue weighted by molar-refractivity contribution is 5.81. The Labute approximate surface area is 109 Å². The molecule has 2 unspecified atom stereocenters. The first-order chi connectivity index (χ1) is 8.63. The van der Waals surface area contributed by atoms with Crippen LogP contribution < -0.4 is 10.6 Å². The van der Waals surface area contributed by atoms with Crippen LogP contribution in [0.2, 0.25) is 0 Å². The molecule has 0 aromatic rings. The Morgan fingerprint density at radius 1 is 1.50 bits per heavy atom. The number of amides is 1. The van der Waals surface area contributed by atoms with Crippen molar-refractivity contribution < 1.29 is 14.3 Å². The van der Waals surface area contributed by atoms with Crippen molar-refractivity contribution in [1.82, 2.24) is 10.6 Å². The number of hydrogen-bond donors (Lipinski definition) is 2. The van der Waals surface area contributed by atoms with Gasteiger partial charge in [0.15, 0.2) is 0 Å². The van der Waals surface area contributed by atoms with Gasteiger partial charge in [0.2, 0.25) is 5.91 Å². The summed E-state index contributed by atoms with van der Waals surface area (Å²) in [5, 5.41) is 5.95. The van der Waals surface area contributed by atoms with E-state index in [1.54, 1.807) is 6.92 Å². The third-order valence-electron chi connectivity index (χ3n) is 3.38. The van der Waals surface area contributed by atoms with E-state index in [1.807, 2.05) is 0 Å². The van der Waals surface area contributed by atoms with E-state index in [0.29, 0.717) is 24.9 Å². The van der Waals surface area contributed by atoms with Crippen molar-refractivity contribution in [2.75, 3.05) is 26.2 Å². The summed E-state index contributed by atoms with van der Waals surface area (Å²) >= 11 is 0. The number of carbonyl (C=O) groups is 2. The van der Waals surface area contributed by atoms with Gasteiger partial charge in [-0.1, -0.05) is 6.92 Å². The second kappa shape index (κ2) is 8.08. The summed E-state index contributed by atoms with van der Waals surface area (Å²) in [6.07, 6.45) is 2.84. The van der Waals surface area contributed by atoms with Gasteiger partial charge in [-0.05, 0) is 44.7 Å². The van der Waals surface area contributed by atoms with E-state index < -0.39 is 0 Å². The first-order valence-corrected chi connectivity index (χ1v) is 6.76. The van der Waals surface area contributed by atoms with Crippen LogP contribution in [0.1, 0.15) is 33.1 Å². The van der Waals surface area contributed by atoms with Crippen LogP contribution in [-0.4, -0.2) is 38.1 Å². The van der Waals surface area contributed by atoms with Crippen molar-refractivity contribution in [2.24, 2.45) is 11.8 Å². The van der Waals surface area contributed by atoms with Crippen LogP contribution in [0.4, 0.5) is 0 Å². The number of carbonyl (C=O) groups excluding carboxylic acids is 2. The normalized spacial score (nSPS) is 21.1.